The van der Waals surface area contributed by atoms with Crippen molar-refractivity contribution in [3.63, 3.8) is 0 Å². The lowest BCUT2D eigenvalue weighted by Crippen LogP contribution is -2.61. The van der Waals surface area contributed by atoms with Gasteiger partial charge in [0.15, 0.2) is 0 Å². The van der Waals surface area contributed by atoms with Crippen LogP contribution in [-0.2, 0) is 9.53 Å². The molecule has 0 aliphatic carbocycles. The van der Waals surface area contributed by atoms with E-state index in [1.807, 2.05) is 0 Å². The lowest BCUT2D eigenvalue weighted by molar-refractivity contribution is -0.391. The van der Waals surface area contributed by atoms with Crippen LogP contribution in [-0.4, -0.2) is 30.5 Å². The maximum absolute atomic E-state index is 12.5. The van der Waals surface area contributed by atoms with Gasteiger partial charge in [0, 0.05) is 19.0 Å². The Hall–Kier alpha value is -0.990. The van der Waals surface area contributed by atoms with Gasteiger partial charge in [-0.3, -0.25) is 0 Å². The zero-order chi connectivity index (χ0) is 14.6. The number of carbonyl (C=O) groups excluding carboxylic acids is 1. The summed E-state index contributed by atoms with van der Waals surface area (Å²) in [6.45, 7) is 0.688. The number of halogens is 6. The van der Waals surface area contributed by atoms with Crippen LogP contribution in [0.4, 0.5) is 26.3 Å². The molecular weight excluding hydrogens is 270 g/mol. The highest BCUT2D eigenvalue weighted by atomic mass is 19.4. The van der Waals surface area contributed by atoms with Gasteiger partial charge in [-0.05, 0) is 6.42 Å². The lowest BCUT2D eigenvalue weighted by Gasteiger charge is -2.37. The van der Waals surface area contributed by atoms with E-state index in [0.29, 0.717) is 6.42 Å². The first-order valence-corrected chi connectivity index (χ1v) is 4.95. The van der Waals surface area contributed by atoms with E-state index in [1.165, 1.54) is 6.92 Å². The predicted molar refractivity (Wildman–Crippen MR) is 45.3 cm³/mol. The Labute approximate surface area is 98.7 Å². The monoisotopic (exact) mass is 281 g/mol. The molecule has 0 saturated carbocycles. The van der Waals surface area contributed by atoms with E-state index in [1.54, 1.807) is 0 Å². The van der Waals surface area contributed by atoms with Crippen LogP contribution < -0.4 is 5.11 Å². The maximum atomic E-state index is 12.5. The predicted octanol–water partition coefficient (Wildman–Crippen LogP) is 1.81. The van der Waals surface area contributed by atoms with Gasteiger partial charge in [0.25, 0.3) is 5.60 Å². The highest BCUT2D eigenvalue weighted by molar-refractivity contribution is 5.66. The number of aliphatic carboxylic acids is 1. The van der Waals surface area contributed by atoms with Gasteiger partial charge < -0.3 is 14.6 Å². The molecule has 3 nitrogen and oxygen atoms in total. The zero-order valence-corrected chi connectivity index (χ0v) is 9.32. The molecule has 0 aliphatic heterocycles. The number of rotatable bonds is 6. The number of alkyl halides is 6. The average Bonchev–Trinajstić information content (AvgIpc) is 2.12. The Balaban J connectivity index is 5.35. The van der Waals surface area contributed by atoms with E-state index in [-0.39, 0.29) is 6.42 Å². The number of carboxylic acid groups (broad SMARTS) is 1. The molecule has 0 radical (unpaired) electrons. The first-order valence-electron chi connectivity index (χ1n) is 4.95. The third kappa shape index (κ3) is 3.76. The molecule has 0 atom stereocenters. The quantitative estimate of drug-likeness (QED) is 0.551. The van der Waals surface area contributed by atoms with Gasteiger partial charge in [-0.25, -0.2) is 0 Å². The van der Waals surface area contributed by atoms with Crippen molar-refractivity contribution in [2.24, 2.45) is 0 Å². The fraction of sp³-hybridized carbons (Fsp3) is 0.889. The highest BCUT2D eigenvalue weighted by Crippen LogP contribution is 2.48. The third-order valence-electron chi connectivity index (χ3n) is 2.16. The van der Waals surface area contributed by atoms with Crippen molar-refractivity contribution in [2.75, 3.05) is 6.61 Å². The van der Waals surface area contributed by atoms with Gasteiger partial charge in [0.2, 0.25) is 0 Å². The summed E-state index contributed by atoms with van der Waals surface area (Å²) in [5, 5.41) is 10.1. The molecule has 0 heterocycles. The fourth-order valence-corrected chi connectivity index (χ4v) is 1.17. The van der Waals surface area contributed by atoms with Gasteiger partial charge in [0.05, 0.1) is 0 Å². The Bertz CT molecular complexity index is 269. The minimum Gasteiger partial charge on any atom is -0.550 e. The summed E-state index contributed by atoms with van der Waals surface area (Å²) in [4.78, 5) is 10.1. The van der Waals surface area contributed by atoms with Crippen LogP contribution in [0, 0.1) is 0 Å². The molecule has 0 spiro atoms. The summed E-state index contributed by atoms with van der Waals surface area (Å²) in [7, 11) is 0. The second kappa shape index (κ2) is 5.77. The summed E-state index contributed by atoms with van der Waals surface area (Å²) >= 11 is 0. The van der Waals surface area contributed by atoms with Crippen molar-refractivity contribution in [3.05, 3.63) is 0 Å². The first kappa shape index (κ1) is 17.0. The van der Waals surface area contributed by atoms with E-state index in [9.17, 15) is 36.2 Å². The van der Waals surface area contributed by atoms with Crippen molar-refractivity contribution >= 4 is 5.97 Å². The Morgan fingerprint density at radius 3 is 1.83 bits per heavy atom. The second-order valence-electron chi connectivity index (χ2n) is 3.57. The van der Waals surface area contributed by atoms with Gasteiger partial charge in [-0.2, -0.15) is 26.3 Å². The SMILES string of the molecule is CCCCOC(CC(=O)[O-])(C(F)(F)F)C(F)(F)F. The molecule has 0 aromatic carbocycles. The lowest BCUT2D eigenvalue weighted by atomic mass is 9.97. The van der Waals surface area contributed by atoms with Crippen molar-refractivity contribution < 1.29 is 41.0 Å². The van der Waals surface area contributed by atoms with Crippen LogP contribution in [0.25, 0.3) is 0 Å². The normalized spacial score (nSPS) is 13.7. The minimum absolute atomic E-state index is 0.0546. The third-order valence-corrected chi connectivity index (χ3v) is 2.16. The van der Waals surface area contributed by atoms with Gasteiger partial charge >= 0.3 is 12.4 Å². The maximum Gasteiger partial charge on any atom is 0.426 e. The van der Waals surface area contributed by atoms with Crippen molar-refractivity contribution in [1.82, 2.24) is 0 Å². The number of carboxylic acids is 1. The molecule has 0 bridgehead atoms. The molecule has 0 amide bonds. The zero-order valence-electron chi connectivity index (χ0n) is 9.32. The number of hydrogen-bond acceptors (Lipinski definition) is 3. The van der Waals surface area contributed by atoms with E-state index >= 15 is 0 Å². The summed E-state index contributed by atoms with van der Waals surface area (Å²) < 4.78 is 79.0. The molecule has 0 saturated heterocycles. The van der Waals surface area contributed by atoms with Crippen LogP contribution in [0.15, 0.2) is 0 Å². The Morgan fingerprint density at radius 2 is 1.56 bits per heavy atom. The smallest absolute Gasteiger partial charge is 0.426 e. The number of carbonyl (C=O) groups is 1. The molecule has 0 aromatic rings. The van der Waals surface area contributed by atoms with Crippen molar-refractivity contribution in [2.45, 2.75) is 44.1 Å². The van der Waals surface area contributed by atoms with E-state index in [4.69, 9.17) is 0 Å². The average molecular weight is 281 g/mol. The molecule has 0 fully saturated rings. The standard InChI is InChI=1S/C9H12F6O3/c1-2-3-4-18-7(5-6(16)17,8(10,11)12)9(13,14)15/h2-5H2,1H3,(H,16,17)/p-1. The van der Waals surface area contributed by atoms with Crippen LogP contribution in [0.2, 0.25) is 0 Å². The molecule has 18 heavy (non-hydrogen) atoms. The summed E-state index contributed by atoms with van der Waals surface area (Å²) in [5.74, 6) is -2.49. The largest absolute Gasteiger partial charge is 0.550 e. The highest BCUT2D eigenvalue weighted by Gasteiger charge is 2.72. The molecule has 0 N–H and O–H groups in total. The summed E-state index contributed by atoms with van der Waals surface area (Å²) in [6.07, 6.45) is -13.8. The van der Waals surface area contributed by atoms with Crippen LogP contribution in [0.3, 0.4) is 0 Å². The minimum atomic E-state index is -5.89. The number of hydrogen-bond donors (Lipinski definition) is 0. The fourth-order valence-electron chi connectivity index (χ4n) is 1.17. The summed E-state index contributed by atoms with van der Waals surface area (Å²) in [6, 6.07) is 0. The second-order valence-corrected chi connectivity index (χ2v) is 3.57. The van der Waals surface area contributed by atoms with Gasteiger partial charge in [0.1, 0.15) is 0 Å². The van der Waals surface area contributed by atoms with Crippen LogP contribution in [0.1, 0.15) is 26.2 Å². The van der Waals surface area contributed by atoms with Crippen LogP contribution >= 0.6 is 0 Å². The van der Waals surface area contributed by atoms with Crippen molar-refractivity contribution in [3.8, 4) is 0 Å². The topological polar surface area (TPSA) is 49.4 Å². The Morgan fingerprint density at radius 1 is 1.11 bits per heavy atom. The molecule has 108 valence electrons. The van der Waals surface area contributed by atoms with Crippen LogP contribution in [0.5, 0.6) is 0 Å². The Kier molecular flexibility index (Phi) is 5.45. The molecule has 9 heteroatoms. The molecule has 0 unspecified atom stereocenters. The molecule has 0 aromatic heterocycles. The number of ether oxygens (including phenoxy) is 1. The molecule has 0 aliphatic rings. The van der Waals surface area contributed by atoms with E-state index < -0.39 is 37.0 Å². The number of unbranched alkanes of at least 4 members (excludes halogenated alkanes) is 1. The van der Waals surface area contributed by atoms with E-state index in [2.05, 4.69) is 4.74 Å². The van der Waals surface area contributed by atoms with E-state index in [0.717, 1.165) is 0 Å². The van der Waals surface area contributed by atoms with Gasteiger partial charge in [-0.15, -0.1) is 0 Å². The molecule has 0 rings (SSSR count). The first-order chi connectivity index (χ1) is 7.98. The van der Waals surface area contributed by atoms with Gasteiger partial charge in [-0.1, -0.05) is 13.3 Å². The van der Waals surface area contributed by atoms with Crippen molar-refractivity contribution in [1.29, 1.82) is 0 Å². The molecular formula is C9H11F6O3-. The summed E-state index contributed by atoms with van der Waals surface area (Å²) in [5.41, 5.74) is -4.71.